The van der Waals surface area contributed by atoms with Crippen molar-refractivity contribution in [3.05, 3.63) is 48.0 Å². The van der Waals surface area contributed by atoms with Crippen LogP contribution >= 0.6 is 0 Å². The number of carbonyl (C=O) groups excluding carboxylic acids is 1. The fourth-order valence-electron chi connectivity index (χ4n) is 1.89. The van der Waals surface area contributed by atoms with E-state index in [1.807, 2.05) is 12.2 Å². The third-order valence-corrected chi connectivity index (χ3v) is 2.93. The first-order chi connectivity index (χ1) is 10.3. The first-order valence-electron chi connectivity index (χ1n) is 6.89. The van der Waals surface area contributed by atoms with Crippen LogP contribution in [0.15, 0.2) is 48.0 Å². The highest BCUT2D eigenvalue weighted by Gasteiger charge is 2.16. The Morgan fingerprint density at radius 3 is 3.10 bits per heavy atom. The molecule has 0 spiro atoms. The van der Waals surface area contributed by atoms with E-state index in [0.29, 0.717) is 24.8 Å². The van der Waals surface area contributed by atoms with E-state index in [0.717, 1.165) is 18.4 Å². The van der Waals surface area contributed by atoms with Gasteiger partial charge in [0.15, 0.2) is 12.0 Å². The lowest BCUT2D eigenvalue weighted by Gasteiger charge is -2.19. The Morgan fingerprint density at radius 2 is 2.33 bits per heavy atom. The van der Waals surface area contributed by atoms with Crippen LogP contribution in [-0.2, 0) is 19.0 Å². The average molecular weight is 292 g/mol. The van der Waals surface area contributed by atoms with Gasteiger partial charge in [-0.05, 0) is 18.4 Å². The summed E-state index contributed by atoms with van der Waals surface area (Å²) in [4.78, 5) is 11.7. The average Bonchev–Trinajstić information content (AvgIpc) is 2.53. The minimum atomic E-state index is -0.195. The van der Waals surface area contributed by atoms with Gasteiger partial charge in [-0.15, -0.1) is 0 Å². The molecule has 114 valence electrons. The lowest BCUT2D eigenvalue weighted by molar-refractivity contribution is -0.120. The van der Waals surface area contributed by atoms with Crippen molar-refractivity contribution in [1.82, 2.24) is 10.6 Å². The van der Waals surface area contributed by atoms with Crippen molar-refractivity contribution in [2.45, 2.75) is 12.8 Å². The summed E-state index contributed by atoms with van der Waals surface area (Å²) in [6.45, 7) is 1.36. The SMILES string of the molecule is COCCNCC(=O)NC1=COC=C(C2=CC=CCC2)O1. The topological polar surface area (TPSA) is 68.8 Å². The Balaban J connectivity index is 1.77. The van der Waals surface area contributed by atoms with Gasteiger partial charge in [0.2, 0.25) is 11.8 Å². The van der Waals surface area contributed by atoms with Crippen molar-refractivity contribution in [2.24, 2.45) is 0 Å². The van der Waals surface area contributed by atoms with Gasteiger partial charge in [0.05, 0.1) is 13.2 Å². The lowest BCUT2D eigenvalue weighted by Crippen LogP contribution is -2.35. The van der Waals surface area contributed by atoms with Crippen molar-refractivity contribution in [1.29, 1.82) is 0 Å². The van der Waals surface area contributed by atoms with Crippen LogP contribution in [0.4, 0.5) is 0 Å². The van der Waals surface area contributed by atoms with E-state index < -0.39 is 0 Å². The summed E-state index contributed by atoms with van der Waals surface area (Å²) in [5.41, 5.74) is 1.05. The molecule has 0 aromatic carbocycles. The molecule has 0 radical (unpaired) electrons. The number of hydrogen-bond acceptors (Lipinski definition) is 5. The summed E-state index contributed by atoms with van der Waals surface area (Å²) in [6.07, 6.45) is 10.8. The highest BCUT2D eigenvalue weighted by atomic mass is 16.6. The van der Waals surface area contributed by atoms with E-state index in [2.05, 4.69) is 16.7 Å². The van der Waals surface area contributed by atoms with Crippen LogP contribution in [0.2, 0.25) is 0 Å². The third kappa shape index (κ3) is 5.09. The third-order valence-electron chi connectivity index (χ3n) is 2.93. The van der Waals surface area contributed by atoms with Gasteiger partial charge in [-0.25, -0.2) is 0 Å². The van der Waals surface area contributed by atoms with Crippen LogP contribution in [0.25, 0.3) is 0 Å². The highest BCUT2D eigenvalue weighted by molar-refractivity contribution is 5.79. The maximum atomic E-state index is 11.7. The maximum Gasteiger partial charge on any atom is 0.240 e. The summed E-state index contributed by atoms with van der Waals surface area (Å²) in [7, 11) is 1.61. The Hall–Kier alpha value is -2.05. The molecule has 0 saturated carbocycles. The largest absolute Gasteiger partial charge is 0.463 e. The van der Waals surface area contributed by atoms with Gasteiger partial charge >= 0.3 is 0 Å². The molecule has 1 amide bonds. The first-order valence-corrected chi connectivity index (χ1v) is 6.89. The Bertz CT molecular complexity index is 492. The van der Waals surface area contributed by atoms with Gasteiger partial charge in [-0.2, -0.15) is 0 Å². The molecule has 0 atom stereocenters. The molecule has 2 N–H and O–H groups in total. The number of ether oxygens (including phenoxy) is 3. The van der Waals surface area contributed by atoms with Crippen molar-refractivity contribution in [3.8, 4) is 0 Å². The number of hydrogen-bond donors (Lipinski definition) is 2. The van der Waals surface area contributed by atoms with E-state index >= 15 is 0 Å². The predicted octanol–water partition coefficient (Wildman–Crippen LogP) is 1.30. The van der Waals surface area contributed by atoms with Crippen molar-refractivity contribution >= 4 is 5.91 Å². The van der Waals surface area contributed by atoms with Crippen LogP contribution in [0, 0.1) is 0 Å². The van der Waals surface area contributed by atoms with Crippen LogP contribution in [0.3, 0.4) is 0 Å². The van der Waals surface area contributed by atoms with E-state index in [1.54, 1.807) is 7.11 Å². The van der Waals surface area contributed by atoms with E-state index in [1.165, 1.54) is 12.5 Å². The molecule has 1 heterocycles. The summed E-state index contributed by atoms with van der Waals surface area (Å²) in [6, 6.07) is 0. The quantitative estimate of drug-likeness (QED) is 0.692. The van der Waals surface area contributed by atoms with E-state index in [-0.39, 0.29) is 12.5 Å². The number of nitrogens with one attached hydrogen (secondary N) is 2. The number of carbonyl (C=O) groups is 1. The van der Waals surface area contributed by atoms with Gasteiger partial charge in [-0.1, -0.05) is 18.2 Å². The van der Waals surface area contributed by atoms with Crippen LogP contribution in [-0.4, -0.2) is 32.7 Å². The maximum absolute atomic E-state index is 11.7. The Kier molecular flexibility index (Phi) is 6.05. The summed E-state index contributed by atoms with van der Waals surface area (Å²) in [5.74, 6) is 0.728. The molecule has 1 aliphatic heterocycles. The minimum Gasteiger partial charge on any atom is -0.463 e. The second kappa shape index (κ2) is 8.28. The standard InChI is InChI=1S/C15H20N2O4/c1-19-8-7-16-9-14(18)17-15-11-20-10-13(21-15)12-5-3-2-4-6-12/h2-3,5,10-11,16H,4,6-9H2,1H3,(H,17,18). The molecule has 6 nitrogen and oxygen atoms in total. The second-order valence-electron chi connectivity index (χ2n) is 4.58. The molecule has 0 unspecified atom stereocenters. The van der Waals surface area contributed by atoms with Gasteiger partial charge in [0.1, 0.15) is 6.26 Å². The van der Waals surface area contributed by atoms with Gasteiger partial charge in [-0.3, -0.25) is 10.1 Å². The number of rotatable bonds is 7. The molecule has 1 aliphatic carbocycles. The molecule has 2 aliphatic rings. The zero-order valence-electron chi connectivity index (χ0n) is 12.1. The molecule has 0 aromatic rings. The van der Waals surface area contributed by atoms with Crippen molar-refractivity contribution in [2.75, 3.05) is 26.8 Å². The molecular formula is C15H20N2O4. The molecule has 0 fully saturated rings. The van der Waals surface area contributed by atoms with E-state index in [4.69, 9.17) is 14.2 Å². The molecule has 21 heavy (non-hydrogen) atoms. The normalized spacial score (nSPS) is 17.1. The second-order valence-corrected chi connectivity index (χ2v) is 4.58. The minimum absolute atomic E-state index is 0.189. The first kappa shape index (κ1) is 15.3. The summed E-state index contributed by atoms with van der Waals surface area (Å²) >= 11 is 0. The van der Waals surface area contributed by atoms with Crippen LogP contribution in [0.1, 0.15) is 12.8 Å². The Morgan fingerprint density at radius 1 is 1.43 bits per heavy atom. The molecular weight excluding hydrogens is 272 g/mol. The van der Waals surface area contributed by atoms with Gasteiger partial charge < -0.3 is 19.5 Å². The molecule has 0 saturated heterocycles. The zero-order valence-corrected chi connectivity index (χ0v) is 12.1. The van der Waals surface area contributed by atoms with E-state index in [9.17, 15) is 4.79 Å². The number of methoxy groups -OCH3 is 1. The molecule has 0 aromatic heterocycles. The monoisotopic (exact) mass is 292 g/mol. The smallest absolute Gasteiger partial charge is 0.240 e. The van der Waals surface area contributed by atoms with Crippen LogP contribution in [0.5, 0.6) is 0 Å². The fourth-order valence-corrected chi connectivity index (χ4v) is 1.89. The summed E-state index contributed by atoms with van der Waals surface area (Å²) in [5, 5.41) is 5.60. The fraction of sp³-hybridized carbons (Fsp3) is 0.400. The Labute approximate surface area is 124 Å². The molecule has 2 rings (SSSR count). The molecule has 6 heteroatoms. The number of amides is 1. The zero-order chi connectivity index (χ0) is 14.9. The van der Waals surface area contributed by atoms with Gasteiger partial charge in [0, 0.05) is 13.7 Å². The summed E-state index contributed by atoms with van der Waals surface area (Å²) < 4.78 is 15.7. The highest BCUT2D eigenvalue weighted by Crippen LogP contribution is 2.25. The van der Waals surface area contributed by atoms with Crippen molar-refractivity contribution in [3.63, 3.8) is 0 Å². The number of allylic oxidation sites excluding steroid dienone is 4. The predicted molar refractivity (Wildman–Crippen MR) is 77.7 cm³/mol. The lowest BCUT2D eigenvalue weighted by atomic mass is 10.0. The van der Waals surface area contributed by atoms with Crippen LogP contribution < -0.4 is 10.6 Å². The van der Waals surface area contributed by atoms with Crippen molar-refractivity contribution < 1.29 is 19.0 Å². The molecule has 0 bridgehead atoms. The van der Waals surface area contributed by atoms with Gasteiger partial charge in [0.25, 0.3) is 0 Å².